The fraction of sp³-hybridized carbons (Fsp3) is 0.360. The van der Waals surface area contributed by atoms with Gasteiger partial charge in [-0.05, 0) is 49.2 Å². The molecule has 2 unspecified atom stereocenters. The van der Waals surface area contributed by atoms with Gasteiger partial charge >= 0.3 is 5.97 Å². The lowest BCUT2D eigenvalue weighted by atomic mass is 10.1. The Morgan fingerprint density at radius 2 is 1.88 bits per heavy atom. The number of ketones is 1. The maximum absolute atomic E-state index is 12.5. The number of carbonyl (C=O) groups excluding carboxylic acids is 4. The Balaban J connectivity index is 1.27. The molecular formula is C25H26N2O7. The first kappa shape index (κ1) is 23.4. The Bertz CT molecular complexity index is 1080. The van der Waals surface area contributed by atoms with Crippen molar-refractivity contribution >= 4 is 29.3 Å². The molecule has 4 rings (SSSR count). The van der Waals surface area contributed by atoms with E-state index in [4.69, 9.17) is 14.2 Å². The van der Waals surface area contributed by atoms with Gasteiger partial charge in [0.2, 0.25) is 11.7 Å². The second-order valence-corrected chi connectivity index (χ2v) is 8.18. The number of amides is 2. The molecule has 0 radical (unpaired) electrons. The second-order valence-electron chi connectivity index (χ2n) is 8.18. The lowest BCUT2D eigenvalue weighted by Gasteiger charge is -2.34. The van der Waals surface area contributed by atoms with Crippen molar-refractivity contribution in [1.82, 2.24) is 4.90 Å². The minimum absolute atomic E-state index is 0.0725. The van der Waals surface area contributed by atoms with Crippen LogP contribution in [0, 0.1) is 0 Å². The van der Waals surface area contributed by atoms with Gasteiger partial charge in [0.15, 0.2) is 6.61 Å². The Hall–Kier alpha value is -3.72. The highest BCUT2D eigenvalue weighted by atomic mass is 16.5. The summed E-state index contributed by atoms with van der Waals surface area (Å²) in [7, 11) is 1.46. The van der Waals surface area contributed by atoms with Crippen LogP contribution in [0.4, 0.5) is 5.69 Å². The third-order valence-electron chi connectivity index (χ3n) is 5.94. The molecule has 2 heterocycles. The smallest absolute Gasteiger partial charge is 0.338 e. The number of ether oxygens (including phenoxy) is 3. The van der Waals surface area contributed by atoms with Crippen LogP contribution in [0.5, 0.6) is 5.75 Å². The molecule has 178 valence electrons. The molecular weight excluding hydrogens is 440 g/mol. The molecule has 1 N–H and O–H groups in total. The standard InChI is InChI=1S/C25H26N2O7/c1-32-21-7-3-2-6-19(21)20(28)15-34-25(31)16-8-10-17(11-9-16)26-23(29)13-22-24(30)27-12-4-5-18(27)14-33-22/h2-3,6-11,18,22H,4-5,12-15H2,1H3,(H,26,29). The van der Waals surface area contributed by atoms with Crippen LogP contribution in [0.15, 0.2) is 48.5 Å². The van der Waals surface area contributed by atoms with E-state index in [1.807, 2.05) is 0 Å². The molecule has 0 aromatic heterocycles. The van der Waals surface area contributed by atoms with E-state index < -0.39 is 18.7 Å². The Kier molecular flexibility index (Phi) is 7.22. The van der Waals surface area contributed by atoms with E-state index in [2.05, 4.69) is 5.32 Å². The average Bonchev–Trinajstić information content (AvgIpc) is 3.34. The normalized spacial score (nSPS) is 19.3. The van der Waals surface area contributed by atoms with Gasteiger partial charge in [-0.2, -0.15) is 0 Å². The highest BCUT2D eigenvalue weighted by Crippen LogP contribution is 2.25. The summed E-state index contributed by atoms with van der Waals surface area (Å²) in [6.07, 6.45) is 1.05. The molecule has 0 spiro atoms. The van der Waals surface area contributed by atoms with Crippen molar-refractivity contribution in [2.75, 3.05) is 32.2 Å². The molecule has 0 bridgehead atoms. The highest BCUT2D eigenvalue weighted by molar-refractivity contribution is 6.01. The van der Waals surface area contributed by atoms with Gasteiger partial charge in [0.05, 0.1) is 37.3 Å². The lowest BCUT2D eigenvalue weighted by Crippen LogP contribution is -2.51. The predicted octanol–water partition coefficient (Wildman–Crippen LogP) is 2.45. The van der Waals surface area contributed by atoms with Crippen molar-refractivity contribution in [2.45, 2.75) is 31.4 Å². The first-order valence-electron chi connectivity index (χ1n) is 11.1. The van der Waals surface area contributed by atoms with Gasteiger partial charge in [0.25, 0.3) is 5.91 Å². The zero-order chi connectivity index (χ0) is 24.1. The summed E-state index contributed by atoms with van der Waals surface area (Å²) < 4.78 is 15.9. The number of nitrogens with one attached hydrogen (secondary N) is 1. The number of Topliss-reactive ketones (excluding diaryl/α,β-unsaturated/α-hetero) is 1. The molecule has 9 heteroatoms. The Labute approximate surface area is 197 Å². The maximum atomic E-state index is 12.5. The Morgan fingerprint density at radius 1 is 1.12 bits per heavy atom. The number of para-hydroxylation sites is 1. The topological polar surface area (TPSA) is 111 Å². The number of carbonyl (C=O) groups is 4. The number of methoxy groups -OCH3 is 1. The van der Waals surface area contributed by atoms with Crippen molar-refractivity contribution < 1.29 is 33.4 Å². The summed E-state index contributed by atoms with van der Waals surface area (Å²) in [5.74, 6) is -1.13. The van der Waals surface area contributed by atoms with E-state index in [0.717, 1.165) is 12.8 Å². The molecule has 0 saturated carbocycles. The quantitative estimate of drug-likeness (QED) is 0.470. The molecule has 2 aliphatic heterocycles. The van der Waals surface area contributed by atoms with Gasteiger partial charge in [-0.15, -0.1) is 0 Å². The molecule has 2 amide bonds. The average molecular weight is 466 g/mol. The van der Waals surface area contributed by atoms with Gasteiger partial charge in [0.1, 0.15) is 11.9 Å². The molecule has 2 saturated heterocycles. The zero-order valence-corrected chi connectivity index (χ0v) is 18.8. The summed E-state index contributed by atoms with van der Waals surface area (Å²) in [6, 6.07) is 12.9. The second kappa shape index (κ2) is 10.5. The summed E-state index contributed by atoms with van der Waals surface area (Å²) >= 11 is 0. The zero-order valence-electron chi connectivity index (χ0n) is 18.8. The number of hydrogen-bond donors (Lipinski definition) is 1. The minimum atomic E-state index is -0.774. The predicted molar refractivity (Wildman–Crippen MR) is 122 cm³/mol. The minimum Gasteiger partial charge on any atom is -0.496 e. The molecule has 2 aromatic carbocycles. The van der Waals surface area contributed by atoms with Gasteiger partial charge in [-0.1, -0.05) is 12.1 Å². The van der Waals surface area contributed by atoms with Crippen molar-refractivity contribution in [3.8, 4) is 5.75 Å². The number of fused-ring (bicyclic) bond motifs is 1. The summed E-state index contributed by atoms with van der Waals surface area (Å²) in [4.78, 5) is 51.3. The molecule has 2 aliphatic rings. The van der Waals surface area contributed by atoms with Gasteiger partial charge in [-0.3, -0.25) is 14.4 Å². The SMILES string of the molecule is COc1ccccc1C(=O)COC(=O)c1ccc(NC(=O)CC2OCC3CCCN3C2=O)cc1. The van der Waals surface area contributed by atoms with Crippen molar-refractivity contribution in [2.24, 2.45) is 0 Å². The third kappa shape index (κ3) is 5.26. The van der Waals surface area contributed by atoms with Crippen LogP contribution in [0.3, 0.4) is 0 Å². The van der Waals surface area contributed by atoms with E-state index in [0.29, 0.717) is 30.2 Å². The first-order valence-corrected chi connectivity index (χ1v) is 11.1. The first-order chi connectivity index (χ1) is 16.5. The largest absolute Gasteiger partial charge is 0.496 e. The van der Waals surface area contributed by atoms with Crippen molar-refractivity contribution in [3.05, 3.63) is 59.7 Å². The number of benzene rings is 2. The Morgan fingerprint density at radius 3 is 2.65 bits per heavy atom. The van der Waals surface area contributed by atoms with E-state index in [9.17, 15) is 19.2 Å². The summed E-state index contributed by atoms with van der Waals surface area (Å²) in [5, 5.41) is 2.71. The summed E-state index contributed by atoms with van der Waals surface area (Å²) in [6.45, 7) is 0.748. The van der Waals surface area contributed by atoms with Crippen LogP contribution in [0.1, 0.15) is 40.0 Å². The van der Waals surface area contributed by atoms with Crippen molar-refractivity contribution in [3.63, 3.8) is 0 Å². The number of rotatable bonds is 8. The number of esters is 1. The van der Waals surface area contributed by atoms with E-state index in [1.54, 1.807) is 41.3 Å². The van der Waals surface area contributed by atoms with Crippen molar-refractivity contribution in [1.29, 1.82) is 0 Å². The van der Waals surface area contributed by atoms with Crippen LogP contribution < -0.4 is 10.1 Å². The highest BCUT2D eigenvalue weighted by Gasteiger charge is 2.39. The maximum Gasteiger partial charge on any atom is 0.338 e. The molecule has 2 fully saturated rings. The summed E-state index contributed by atoms with van der Waals surface area (Å²) in [5.41, 5.74) is 1.03. The number of morpholine rings is 1. The third-order valence-corrected chi connectivity index (χ3v) is 5.94. The lowest BCUT2D eigenvalue weighted by molar-refractivity contribution is -0.158. The number of nitrogens with zero attached hydrogens (tertiary/aromatic N) is 1. The van der Waals surface area contributed by atoms with Crippen LogP contribution in [0.25, 0.3) is 0 Å². The molecule has 0 aliphatic carbocycles. The molecule has 2 atom stereocenters. The van der Waals surface area contributed by atoms with Gasteiger partial charge in [-0.25, -0.2) is 4.79 Å². The molecule has 9 nitrogen and oxygen atoms in total. The number of hydrogen-bond acceptors (Lipinski definition) is 7. The van der Waals surface area contributed by atoms with Gasteiger partial charge in [0, 0.05) is 12.2 Å². The van der Waals surface area contributed by atoms with E-state index >= 15 is 0 Å². The van der Waals surface area contributed by atoms with Crippen LogP contribution in [-0.4, -0.2) is 67.5 Å². The fourth-order valence-electron chi connectivity index (χ4n) is 4.17. The van der Waals surface area contributed by atoms with Crippen LogP contribution >= 0.6 is 0 Å². The molecule has 34 heavy (non-hydrogen) atoms. The van der Waals surface area contributed by atoms with Gasteiger partial charge < -0.3 is 24.4 Å². The van der Waals surface area contributed by atoms with E-state index in [1.165, 1.54) is 19.2 Å². The van der Waals surface area contributed by atoms with Crippen LogP contribution in [0.2, 0.25) is 0 Å². The fourth-order valence-corrected chi connectivity index (χ4v) is 4.17. The van der Waals surface area contributed by atoms with Crippen LogP contribution in [-0.2, 0) is 19.1 Å². The number of anilines is 1. The molecule has 2 aromatic rings. The monoisotopic (exact) mass is 466 g/mol. The van der Waals surface area contributed by atoms with E-state index in [-0.39, 0.29) is 35.6 Å².